The lowest BCUT2D eigenvalue weighted by atomic mass is 10.1. The molecule has 0 amide bonds. The molecule has 1 aromatic heterocycles. The molecule has 0 aliphatic carbocycles. The van der Waals surface area contributed by atoms with Crippen LogP contribution in [0.15, 0.2) is 65.9 Å². The predicted octanol–water partition coefficient (Wildman–Crippen LogP) is 3.36. The molecule has 9 heteroatoms. The summed E-state index contributed by atoms with van der Waals surface area (Å²) in [6, 6.07) is 15.5. The average molecular weight is 565 g/mol. The first-order valence-electron chi connectivity index (χ1n) is 10.6. The Morgan fingerprint density at radius 1 is 1.06 bits per heavy atom. The van der Waals surface area contributed by atoms with Gasteiger partial charge in [-0.25, -0.2) is 4.99 Å². The maximum atomic E-state index is 10.6. The van der Waals surface area contributed by atoms with Crippen LogP contribution in [0.2, 0.25) is 0 Å². The molecular formula is C24H32IN5O3. The van der Waals surface area contributed by atoms with Crippen LogP contribution in [0.4, 0.5) is 0 Å². The van der Waals surface area contributed by atoms with Crippen molar-refractivity contribution in [3.63, 3.8) is 0 Å². The SMILES string of the molecule is CCNC(=NCc1ccccc1Cn1cccn1)NCC(O)c1ccc(OC)c(OC)c1.I. The van der Waals surface area contributed by atoms with E-state index in [2.05, 4.69) is 27.9 Å². The van der Waals surface area contributed by atoms with Crippen molar-refractivity contribution in [2.75, 3.05) is 27.3 Å². The van der Waals surface area contributed by atoms with E-state index in [1.54, 1.807) is 32.5 Å². The second-order valence-corrected chi connectivity index (χ2v) is 7.18. The third kappa shape index (κ3) is 7.64. The second kappa shape index (κ2) is 13.7. The number of ether oxygens (including phenoxy) is 2. The first-order chi connectivity index (χ1) is 15.6. The van der Waals surface area contributed by atoms with Gasteiger partial charge in [-0.2, -0.15) is 5.10 Å². The fourth-order valence-corrected chi connectivity index (χ4v) is 3.31. The fourth-order valence-electron chi connectivity index (χ4n) is 3.31. The number of nitrogens with one attached hydrogen (secondary N) is 2. The monoisotopic (exact) mass is 565 g/mol. The minimum Gasteiger partial charge on any atom is -0.493 e. The maximum Gasteiger partial charge on any atom is 0.191 e. The van der Waals surface area contributed by atoms with Gasteiger partial charge < -0.3 is 25.2 Å². The Morgan fingerprint density at radius 3 is 2.48 bits per heavy atom. The molecule has 0 saturated heterocycles. The quantitative estimate of drug-likeness (QED) is 0.199. The predicted molar refractivity (Wildman–Crippen MR) is 141 cm³/mol. The zero-order valence-electron chi connectivity index (χ0n) is 19.2. The van der Waals surface area contributed by atoms with Crippen LogP contribution >= 0.6 is 24.0 Å². The fraction of sp³-hybridized carbons (Fsp3) is 0.333. The van der Waals surface area contributed by atoms with E-state index in [0.29, 0.717) is 43.6 Å². The van der Waals surface area contributed by atoms with Crippen LogP contribution in [-0.4, -0.2) is 48.2 Å². The molecule has 1 heterocycles. The minimum absolute atomic E-state index is 0. The molecule has 3 rings (SSSR count). The lowest BCUT2D eigenvalue weighted by Gasteiger charge is -2.17. The van der Waals surface area contributed by atoms with Crippen LogP contribution in [-0.2, 0) is 13.1 Å². The largest absolute Gasteiger partial charge is 0.493 e. The number of halogens is 1. The summed E-state index contributed by atoms with van der Waals surface area (Å²) in [5.41, 5.74) is 3.03. The Balaban J connectivity index is 0.00000385. The van der Waals surface area contributed by atoms with E-state index in [0.717, 1.165) is 11.1 Å². The molecule has 0 radical (unpaired) electrons. The number of aromatic nitrogens is 2. The summed E-state index contributed by atoms with van der Waals surface area (Å²) in [6.45, 7) is 4.23. The van der Waals surface area contributed by atoms with Gasteiger partial charge in [0, 0.05) is 25.5 Å². The van der Waals surface area contributed by atoms with Crippen molar-refractivity contribution < 1.29 is 14.6 Å². The number of hydrogen-bond donors (Lipinski definition) is 3. The average Bonchev–Trinajstić information content (AvgIpc) is 3.34. The van der Waals surface area contributed by atoms with Gasteiger partial charge in [-0.15, -0.1) is 24.0 Å². The van der Waals surface area contributed by atoms with Gasteiger partial charge in [-0.1, -0.05) is 30.3 Å². The third-order valence-corrected chi connectivity index (χ3v) is 5.02. The molecule has 0 aliphatic rings. The number of aliphatic hydroxyl groups excluding tert-OH is 1. The maximum absolute atomic E-state index is 10.6. The molecule has 8 nitrogen and oxygen atoms in total. The standard InChI is InChI=1S/C24H31N5O3.HI/c1-4-25-24(27-16-21(30)18-10-11-22(31-2)23(14-18)32-3)26-15-19-8-5-6-9-20(19)17-29-13-7-12-28-29;/h5-14,21,30H,4,15-17H2,1-3H3,(H2,25,26,27);1H. The Morgan fingerprint density at radius 2 is 1.82 bits per heavy atom. The summed E-state index contributed by atoms with van der Waals surface area (Å²) in [4.78, 5) is 4.71. The number of hydrogen-bond acceptors (Lipinski definition) is 5. The first kappa shape index (κ1) is 26.5. The van der Waals surface area contributed by atoms with Crippen molar-refractivity contribution in [3.8, 4) is 11.5 Å². The number of methoxy groups -OCH3 is 2. The minimum atomic E-state index is -0.731. The Kier molecular flexibility index (Phi) is 11.0. The zero-order valence-corrected chi connectivity index (χ0v) is 21.5. The molecule has 0 spiro atoms. The van der Waals surface area contributed by atoms with Crippen molar-refractivity contribution in [2.45, 2.75) is 26.1 Å². The molecule has 1 unspecified atom stereocenters. The lowest BCUT2D eigenvalue weighted by Crippen LogP contribution is -2.39. The summed E-state index contributed by atoms with van der Waals surface area (Å²) >= 11 is 0. The molecular weight excluding hydrogens is 533 g/mol. The van der Waals surface area contributed by atoms with Crippen LogP contribution < -0.4 is 20.1 Å². The normalized spacial score (nSPS) is 11.9. The summed E-state index contributed by atoms with van der Waals surface area (Å²) < 4.78 is 12.5. The topological polar surface area (TPSA) is 92.9 Å². The number of rotatable bonds is 10. The molecule has 3 aromatic rings. The molecule has 2 aromatic carbocycles. The van der Waals surface area contributed by atoms with Crippen LogP contribution in [0.5, 0.6) is 11.5 Å². The molecule has 178 valence electrons. The van der Waals surface area contributed by atoms with Gasteiger partial charge in [0.2, 0.25) is 0 Å². The lowest BCUT2D eigenvalue weighted by molar-refractivity contribution is 0.180. The van der Waals surface area contributed by atoms with Gasteiger partial charge in [-0.3, -0.25) is 4.68 Å². The van der Waals surface area contributed by atoms with Crippen molar-refractivity contribution in [2.24, 2.45) is 4.99 Å². The van der Waals surface area contributed by atoms with Gasteiger partial charge in [0.15, 0.2) is 17.5 Å². The highest BCUT2D eigenvalue weighted by Crippen LogP contribution is 2.29. The van der Waals surface area contributed by atoms with Crippen molar-refractivity contribution in [1.82, 2.24) is 20.4 Å². The molecule has 0 saturated carbocycles. The summed E-state index contributed by atoms with van der Waals surface area (Å²) in [7, 11) is 3.16. The second-order valence-electron chi connectivity index (χ2n) is 7.18. The molecule has 0 fully saturated rings. The summed E-state index contributed by atoms with van der Waals surface area (Å²) in [5, 5.41) is 21.4. The van der Waals surface area contributed by atoms with E-state index in [1.807, 2.05) is 42.1 Å². The van der Waals surface area contributed by atoms with Gasteiger partial charge >= 0.3 is 0 Å². The first-order valence-corrected chi connectivity index (χ1v) is 10.6. The highest BCUT2D eigenvalue weighted by molar-refractivity contribution is 14.0. The molecule has 33 heavy (non-hydrogen) atoms. The number of nitrogens with zero attached hydrogens (tertiary/aromatic N) is 3. The zero-order chi connectivity index (χ0) is 22.8. The van der Waals surface area contributed by atoms with E-state index >= 15 is 0 Å². The number of guanidine groups is 1. The van der Waals surface area contributed by atoms with Crippen LogP contribution in [0.1, 0.15) is 29.7 Å². The van der Waals surface area contributed by atoms with Gasteiger partial charge in [0.1, 0.15) is 0 Å². The smallest absolute Gasteiger partial charge is 0.191 e. The molecule has 3 N–H and O–H groups in total. The Hall–Kier alpha value is -2.79. The van der Waals surface area contributed by atoms with E-state index < -0.39 is 6.10 Å². The van der Waals surface area contributed by atoms with Gasteiger partial charge in [-0.05, 0) is 41.8 Å². The summed E-state index contributed by atoms with van der Waals surface area (Å²) in [6.07, 6.45) is 2.99. The number of benzene rings is 2. The third-order valence-electron chi connectivity index (χ3n) is 5.02. The van der Waals surface area contributed by atoms with Crippen LogP contribution in [0.25, 0.3) is 0 Å². The van der Waals surface area contributed by atoms with Crippen LogP contribution in [0.3, 0.4) is 0 Å². The highest BCUT2D eigenvalue weighted by atomic mass is 127. The van der Waals surface area contributed by atoms with Crippen LogP contribution in [0, 0.1) is 0 Å². The van der Waals surface area contributed by atoms with E-state index in [9.17, 15) is 5.11 Å². The van der Waals surface area contributed by atoms with Gasteiger partial charge in [0.05, 0.1) is 33.4 Å². The van der Waals surface area contributed by atoms with E-state index in [1.165, 1.54) is 5.56 Å². The van der Waals surface area contributed by atoms with Crippen molar-refractivity contribution >= 4 is 29.9 Å². The van der Waals surface area contributed by atoms with Crippen molar-refractivity contribution in [3.05, 3.63) is 77.6 Å². The summed E-state index contributed by atoms with van der Waals surface area (Å²) in [5.74, 6) is 1.85. The van der Waals surface area contributed by atoms with Crippen molar-refractivity contribution in [1.29, 1.82) is 0 Å². The Bertz CT molecular complexity index is 1010. The van der Waals surface area contributed by atoms with Gasteiger partial charge in [0.25, 0.3) is 0 Å². The van der Waals surface area contributed by atoms with E-state index in [-0.39, 0.29) is 24.0 Å². The number of aliphatic imine (C=N–C) groups is 1. The molecule has 0 bridgehead atoms. The highest BCUT2D eigenvalue weighted by Gasteiger charge is 2.12. The Labute approximate surface area is 212 Å². The molecule has 0 aliphatic heterocycles. The number of aliphatic hydroxyl groups is 1. The van der Waals surface area contributed by atoms with E-state index in [4.69, 9.17) is 14.5 Å². The molecule has 1 atom stereocenters.